The quantitative estimate of drug-likeness (QED) is 0.701. The Morgan fingerprint density at radius 2 is 1.32 bits per heavy atom. The van der Waals surface area contributed by atoms with Crippen molar-refractivity contribution in [3.05, 3.63) is 96.2 Å². The molecular formula is C22H24N2O. The van der Waals surface area contributed by atoms with E-state index in [1.165, 1.54) is 0 Å². The third kappa shape index (κ3) is 3.57. The molecule has 0 radical (unpaired) electrons. The average molecular weight is 332 g/mol. The van der Waals surface area contributed by atoms with E-state index in [1.807, 2.05) is 78.9 Å². The molecule has 2 N–H and O–H groups in total. The van der Waals surface area contributed by atoms with E-state index >= 15 is 0 Å². The van der Waals surface area contributed by atoms with Gasteiger partial charge in [0.25, 0.3) is 0 Å². The molecule has 1 aromatic heterocycles. The second-order valence-electron chi connectivity index (χ2n) is 6.58. The summed E-state index contributed by atoms with van der Waals surface area (Å²) in [6.07, 6.45) is 1.75. The minimum Gasteiger partial charge on any atom is -0.378 e. The van der Waals surface area contributed by atoms with Gasteiger partial charge in [-0.05, 0) is 29.2 Å². The zero-order chi connectivity index (χ0) is 17.7. The molecule has 0 bridgehead atoms. The highest BCUT2D eigenvalue weighted by molar-refractivity contribution is 5.44. The van der Waals surface area contributed by atoms with E-state index in [9.17, 15) is 5.11 Å². The van der Waals surface area contributed by atoms with Crippen LogP contribution in [-0.2, 0) is 5.60 Å². The zero-order valence-corrected chi connectivity index (χ0v) is 14.6. The number of benzene rings is 2. The van der Waals surface area contributed by atoms with Crippen molar-refractivity contribution < 1.29 is 5.11 Å². The van der Waals surface area contributed by atoms with Crippen molar-refractivity contribution in [2.45, 2.75) is 25.5 Å². The molecule has 0 saturated heterocycles. The Bertz CT molecular complexity index is 733. The molecule has 0 aliphatic rings. The van der Waals surface area contributed by atoms with Crippen LogP contribution >= 0.6 is 0 Å². The molecule has 0 spiro atoms. The summed E-state index contributed by atoms with van der Waals surface area (Å²) in [7, 11) is 0. The number of rotatable bonds is 6. The summed E-state index contributed by atoms with van der Waals surface area (Å²) in [6.45, 7) is 4.22. The number of hydrogen-bond donors (Lipinski definition) is 2. The standard InChI is InChI=1S/C22H24N2O/c1-17(2)21(24-20-15-9-10-16-23-20)22(25,18-11-5-3-6-12-18)19-13-7-4-8-14-19/h3-17,21,25H,1-2H3,(H,23,24)/t21-/m0/s1. The lowest BCUT2D eigenvalue weighted by molar-refractivity contribution is 0.0433. The highest BCUT2D eigenvalue weighted by Gasteiger charge is 2.42. The van der Waals surface area contributed by atoms with Crippen LogP contribution < -0.4 is 5.32 Å². The van der Waals surface area contributed by atoms with Crippen LogP contribution in [0.15, 0.2) is 85.1 Å². The maximum absolute atomic E-state index is 12.0. The highest BCUT2D eigenvalue weighted by Crippen LogP contribution is 2.37. The van der Waals surface area contributed by atoms with Gasteiger partial charge in [-0.2, -0.15) is 0 Å². The van der Waals surface area contributed by atoms with Gasteiger partial charge in [0.15, 0.2) is 0 Å². The second kappa shape index (κ2) is 7.49. The van der Waals surface area contributed by atoms with Crippen molar-refractivity contribution in [3.8, 4) is 0 Å². The van der Waals surface area contributed by atoms with Crippen LogP contribution in [0, 0.1) is 5.92 Å². The van der Waals surface area contributed by atoms with Crippen molar-refractivity contribution in [2.75, 3.05) is 5.32 Å². The fourth-order valence-electron chi connectivity index (χ4n) is 3.27. The molecule has 0 aliphatic heterocycles. The van der Waals surface area contributed by atoms with Crippen LogP contribution in [0.3, 0.4) is 0 Å². The van der Waals surface area contributed by atoms with Crippen molar-refractivity contribution in [2.24, 2.45) is 5.92 Å². The van der Waals surface area contributed by atoms with E-state index in [0.29, 0.717) is 0 Å². The lowest BCUT2D eigenvalue weighted by Crippen LogP contribution is -2.48. The third-order valence-corrected chi connectivity index (χ3v) is 4.51. The Balaban J connectivity index is 2.11. The molecule has 1 heterocycles. The predicted molar refractivity (Wildman–Crippen MR) is 102 cm³/mol. The minimum absolute atomic E-state index is 0.174. The van der Waals surface area contributed by atoms with E-state index in [4.69, 9.17) is 0 Å². The Morgan fingerprint density at radius 3 is 1.76 bits per heavy atom. The molecule has 0 aliphatic carbocycles. The molecule has 0 saturated carbocycles. The van der Waals surface area contributed by atoms with Crippen LogP contribution in [0.25, 0.3) is 0 Å². The number of anilines is 1. The van der Waals surface area contributed by atoms with Crippen LogP contribution in [0.5, 0.6) is 0 Å². The first-order valence-electron chi connectivity index (χ1n) is 8.63. The molecule has 1 atom stereocenters. The molecule has 0 amide bonds. The van der Waals surface area contributed by atoms with Gasteiger partial charge in [0.05, 0.1) is 6.04 Å². The zero-order valence-electron chi connectivity index (χ0n) is 14.6. The predicted octanol–water partition coefficient (Wildman–Crippen LogP) is 4.45. The van der Waals surface area contributed by atoms with Crippen LogP contribution in [0.4, 0.5) is 5.82 Å². The van der Waals surface area contributed by atoms with Crippen molar-refractivity contribution >= 4 is 5.82 Å². The molecule has 128 valence electrons. The topological polar surface area (TPSA) is 45.2 Å². The summed E-state index contributed by atoms with van der Waals surface area (Å²) in [6, 6.07) is 25.2. The van der Waals surface area contributed by atoms with Crippen LogP contribution in [-0.4, -0.2) is 16.1 Å². The maximum Gasteiger partial charge on any atom is 0.135 e. The summed E-state index contributed by atoms with van der Waals surface area (Å²) in [5, 5.41) is 15.4. The first-order chi connectivity index (χ1) is 12.1. The lowest BCUT2D eigenvalue weighted by Gasteiger charge is -2.40. The van der Waals surface area contributed by atoms with Crippen molar-refractivity contribution in [1.82, 2.24) is 4.98 Å². The molecule has 3 heteroatoms. The Morgan fingerprint density at radius 1 is 0.800 bits per heavy atom. The second-order valence-corrected chi connectivity index (χ2v) is 6.58. The lowest BCUT2D eigenvalue weighted by atomic mass is 9.76. The van der Waals surface area contributed by atoms with Crippen LogP contribution in [0.1, 0.15) is 25.0 Å². The first-order valence-corrected chi connectivity index (χ1v) is 8.63. The molecule has 3 nitrogen and oxygen atoms in total. The Kier molecular flexibility index (Phi) is 5.15. The van der Waals surface area contributed by atoms with Crippen LogP contribution in [0.2, 0.25) is 0 Å². The van der Waals surface area contributed by atoms with Gasteiger partial charge in [0, 0.05) is 6.20 Å². The molecule has 0 unspecified atom stereocenters. The van der Waals surface area contributed by atoms with E-state index in [2.05, 4.69) is 24.1 Å². The number of hydrogen-bond acceptors (Lipinski definition) is 3. The minimum atomic E-state index is -1.17. The Labute approximate surface area is 149 Å². The smallest absolute Gasteiger partial charge is 0.135 e. The van der Waals surface area contributed by atoms with Gasteiger partial charge in [-0.15, -0.1) is 0 Å². The molecule has 25 heavy (non-hydrogen) atoms. The summed E-state index contributed by atoms with van der Waals surface area (Å²) >= 11 is 0. The molecule has 3 rings (SSSR count). The number of aliphatic hydroxyl groups is 1. The fourth-order valence-corrected chi connectivity index (χ4v) is 3.27. The number of nitrogens with one attached hydrogen (secondary N) is 1. The molecule has 0 fully saturated rings. The van der Waals surface area contributed by atoms with Gasteiger partial charge in [0.2, 0.25) is 0 Å². The number of nitrogens with zero attached hydrogens (tertiary/aromatic N) is 1. The molecular weight excluding hydrogens is 308 g/mol. The highest BCUT2D eigenvalue weighted by atomic mass is 16.3. The maximum atomic E-state index is 12.0. The normalized spacial score (nSPS) is 12.8. The Hall–Kier alpha value is -2.65. The molecule has 3 aromatic rings. The monoisotopic (exact) mass is 332 g/mol. The molecule has 2 aromatic carbocycles. The van der Waals surface area contributed by atoms with E-state index in [0.717, 1.165) is 16.9 Å². The van der Waals surface area contributed by atoms with Crippen molar-refractivity contribution in [3.63, 3.8) is 0 Å². The third-order valence-electron chi connectivity index (χ3n) is 4.51. The SMILES string of the molecule is CC(C)[C@H](Nc1ccccn1)C(O)(c1ccccc1)c1ccccc1. The van der Waals surface area contributed by atoms with Gasteiger partial charge < -0.3 is 10.4 Å². The fraction of sp³-hybridized carbons (Fsp3) is 0.227. The van der Waals surface area contributed by atoms with Gasteiger partial charge in [-0.1, -0.05) is 80.6 Å². The summed E-state index contributed by atoms with van der Waals surface area (Å²) in [4.78, 5) is 4.38. The summed E-state index contributed by atoms with van der Waals surface area (Å²) in [5.74, 6) is 0.930. The van der Waals surface area contributed by atoms with Gasteiger partial charge in [-0.25, -0.2) is 4.98 Å². The van der Waals surface area contributed by atoms with E-state index in [1.54, 1.807) is 6.20 Å². The van der Waals surface area contributed by atoms with Gasteiger partial charge in [-0.3, -0.25) is 0 Å². The average Bonchev–Trinajstić information content (AvgIpc) is 2.67. The summed E-state index contributed by atoms with van der Waals surface area (Å²) < 4.78 is 0. The van der Waals surface area contributed by atoms with Gasteiger partial charge in [0.1, 0.15) is 11.4 Å². The summed E-state index contributed by atoms with van der Waals surface area (Å²) in [5.41, 5.74) is 0.556. The van der Waals surface area contributed by atoms with Crippen molar-refractivity contribution in [1.29, 1.82) is 0 Å². The number of pyridine rings is 1. The number of aromatic nitrogens is 1. The van der Waals surface area contributed by atoms with Gasteiger partial charge >= 0.3 is 0 Å². The largest absolute Gasteiger partial charge is 0.378 e. The van der Waals surface area contributed by atoms with E-state index in [-0.39, 0.29) is 12.0 Å². The first kappa shape index (κ1) is 17.2. The van der Waals surface area contributed by atoms with E-state index < -0.39 is 5.60 Å².